The van der Waals surface area contributed by atoms with Gasteiger partial charge in [0, 0.05) is 19.0 Å². The first kappa shape index (κ1) is 11.6. The summed E-state index contributed by atoms with van der Waals surface area (Å²) in [6.45, 7) is 0.776. The van der Waals surface area contributed by atoms with Gasteiger partial charge in [-0.3, -0.25) is 11.3 Å². The summed E-state index contributed by atoms with van der Waals surface area (Å²) in [5.74, 6) is 8.15. The lowest BCUT2D eigenvalue weighted by Crippen LogP contribution is -2.38. The first-order valence-corrected chi connectivity index (χ1v) is 5.64. The van der Waals surface area contributed by atoms with E-state index in [1.807, 2.05) is 24.5 Å². The van der Waals surface area contributed by atoms with E-state index in [9.17, 15) is 0 Å². The molecule has 2 aromatic rings. The van der Waals surface area contributed by atoms with Crippen molar-refractivity contribution in [1.29, 1.82) is 0 Å². The van der Waals surface area contributed by atoms with Crippen LogP contribution in [0.3, 0.4) is 0 Å². The van der Waals surface area contributed by atoms with Gasteiger partial charge < -0.3 is 4.57 Å². The van der Waals surface area contributed by atoms with Crippen molar-refractivity contribution in [1.82, 2.24) is 15.0 Å². The molecule has 4 nitrogen and oxygen atoms in total. The summed E-state index contributed by atoms with van der Waals surface area (Å²) in [5.41, 5.74) is 4.91. The molecule has 1 heterocycles. The van der Waals surface area contributed by atoms with Crippen molar-refractivity contribution in [2.75, 3.05) is 0 Å². The molecular weight excluding hydrogens is 212 g/mol. The molecule has 0 amide bonds. The number of para-hydroxylation sites is 2. The molecule has 0 aliphatic rings. The minimum Gasteiger partial charge on any atom is -0.329 e. The molecule has 1 unspecified atom stereocenters. The largest absolute Gasteiger partial charge is 0.329 e. The number of hydrogen-bond acceptors (Lipinski definition) is 3. The van der Waals surface area contributed by atoms with Gasteiger partial charge in [-0.2, -0.15) is 0 Å². The predicted octanol–water partition coefficient (Wildman–Crippen LogP) is 1.28. The van der Waals surface area contributed by atoms with E-state index in [0.717, 1.165) is 30.4 Å². The second-order valence-corrected chi connectivity index (χ2v) is 3.99. The maximum atomic E-state index is 5.52. The number of terminal acetylenes is 1. The molecule has 0 bridgehead atoms. The standard InChI is InChI=1S/C13H16N4/c1-2-3-6-11(16-14)9-17-10-15-12-7-4-5-8-13(12)17/h1,4-5,7-8,10-11,16H,3,6,9,14H2. The Morgan fingerprint density at radius 1 is 1.47 bits per heavy atom. The molecular formula is C13H16N4. The molecule has 17 heavy (non-hydrogen) atoms. The van der Waals surface area contributed by atoms with Crippen LogP contribution < -0.4 is 11.3 Å². The van der Waals surface area contributed by atoms with Crippen molar-refractivity contribution < 1.29 is 0 Å². The van der Waals surface area contributed by atoms with E-state index in [0.29, 0.717) is 0 Å². The summed E-state index contributed by atoms with van der Waals surface area (Å²) < 4.78 is 2.09. The van der Waals surface area contributed by atoms with Gasteiger partial charge in [0.1, 0.15) is 0 Å². The number of fused-ring (bicyclic) bond motifs is 1. The lowest BCUT2D eigenvalue weighted by molar-refractivity contribution is 0.441. The maximum Gasteiger partial charge on any atom is 0.0958 e. The average Bonchev–Trinajstić information content (AvgIpc) is 2.78. The molecule has 1 aromatic carbocycles. The van der Waals surface area contributed by atoms with E-state index in [2.05, 4.69) is 27.0 Å². The van der Waals surface area contributed by atoms with E-state index in [1.165, 1.54) is 0 Å². The highest BCUT2D eigenvalue weighted by molar-refractivity contribution is 5.74. The Hall–Kier alpha value is -1.83. The second-order valence-electron chi connectivity index (χ2n) is 3.99. The van der Waals surface area contributed by atoms with Crippen LogP contribution in [-0.2, 0) is 6.54 Å². The molecule has 0 spiro atoms. The zero-order chi connectivity index (χ0) is 12.1. The molecule has 88 valence electrons. The van der Waals surface area contributed by atoms with Crippen LogP contribution in [0, 0.1) is 12.3 Å². The highest BCUT2D eigenvalue weighted by atomic mass is 15.2. The fourth-order valence-corrected chi connectivity index (χ4v) is 1.88. The van der Waals surface area contributed by atoms with Crippen molar-refractivity contribution >= 4 is 11.0 Å². The molecule has 0 aliphatic carbocycles. The third-order valence-electron chi connectivity index (χ3n) is 2.82. The van der Waals surface area contributed by atoms with Crippen LogP contribution in [0.15, 0.2) is 30.6 Å². The Balaban J connectivity index is 2.14. The summed E-state index contributed by atoms with van der Waals surface area (Å²) in [4.78, 5) is 4.34. The van der Waals surface area contributed by atoms with Crippen molar-refractivity contribution in [3.05, 3.63) is 30.6 Å². The number of nitrogens with zero attached hydrogens (tertiary/aromatic N) is 2. The second kappa shape index (κ2) is 5.48. The first-order valence-electron chi connectivity index (χ1n) is 5.64. The SMILES string of the molecule is C#CCCC(Cn1cnc2ccccc21)NN. The minimum atomic E-state index is 0.170. The van der Waals surface area contributed by atoms with E-state index in [1.54, 1.807) is 0 Å². The Morgan fingerprint density at radius 2 is 2.29 bits per heavy atom. The van der Waals surface area contributed by atoms with Gasteiger partial charge in [-0.1, -0.05) is 12.1 Å². The lowest BCUT2D eigenvalue weighted by atomic mass is 10.1. The molecule has 0 radical (unpaired) electrons. The third-order valence-corrected chi connectivity index (χ3v) is 2.82. The van der Waals surface area contributed by atoms with E-state index in [-0.39, 0.29) is 6.04 Å². The minimum absolute atomic E-state index is 0.170. The fourth-order valence-electron chi connectivity index (χ4n) is 1.88. The zero-order valence-corrected chi connectivity index (χ0v) is 9.63. The van der Waals surface area contributed by atoms with Crippen molar-refractivity contribution in [3.8, 4) is 12.3 Å². The average molecular weight is 228 g/mol. The summed E-state index contributed by atoms with van der Waals surface area (Å²) in [6, 6.07) is 8.21. The highest BCUT2D eigenvalue weighted by Gasteiger charge is 2.08. The molecule has 0 saturated carbocycles. The number of hydrogen-bond donors (Lipinski definition) is 2. The van der Waals surface area contributed by atoms with Gasteiger partial charge in [-0.05, 0) is 18.6 Å². The normalized spacial score (nSPS) is 12.5. The van der Waals surface area contributed by atoms with E-state index in [4.69, 9.17) is 12.3 Å². The van der Waals surface area contributed by atoms with Crippen LogP contribution in [0.4, 0.5) is 0 Å². The monoisotopic (exact) mass is 228 g/mol. The fraction of sp³-hybridized carbons (Fsp3) is 0.308. The molecule has 0 aliphatic heterocycles. The quantitative estimate of drug-likeness (QED) is 0.460. The Bertz CT molecular complexity index is 523. The van der Waals surface area contributed by atoms with Crippen molar-refractivity contribution in [2.45, 2.75) is 25.4 Å². The number of rotatable bonds is 5. The van der Waals surface area contributed by atoms with Crippen LogP contribution in [0.2, 0.25) is 0 Å². The topological polar surface area (TPSA) is 55.9 Å². The van der Waals surface area contributed by atoms with Crippen molar-refractivity contribution in [2.24, 2.45) is 5.84 Å². The third kappa shape index (κ3) is 2.64. The predicted molar refractivity (Wildman–Crippen MR) is 68.9 cm³/mol. The Morgan fingerprint density at radius 3 is 3.06 bits per heavy atom. The number of aromatic nitrogens is 2. The highest BCUT2D eigenvalue weighted by Crippen LogP contribution is 2.13. The van der Waals surface area contributed by atoms with Gasteiger partial charge >= 0.3 is 0 Å². The molecule has 2 rings (SSSR count). The smallest absolute Gasteiger partial charge is 0.0958 e. The number of nitrogens with two attached hydrogens (primary N) is 1. The van der Waals surface area contributed by atoms with Crippen LogP contribution in [0.25, 0.3) is 11.0 Å². The van der Waals surface area contributed by atoms with Crippen LogP contribution in [0.5, 0.6) is 0 Å². The number of imidazole rings is 1. The summed E-state index contributed by atoms with van der Waals surface area (Å²) >= 11 is 0. The molecule has 0 fully saturated rings. The summed E-state index contributed by atoms with van der Waals surface area (Å²) in [5, 5.41) is 0. The molecule has 4 heteroatoms. The summed E-state index contributed by atoms with van der Waals surface area (Å²) in [7, 11) is 0. The number of nitrogens with one attached hydrogen (secondary N) is 1. The Kier molecular flexibility index (Phi) is 3.76. The van der Waals surface area contributed by atoms with Crippen LogP contribution in [0.1, 0.15) is 12.8 Å². The van der Waals surface area contributed by atoms with E-state index < -0.39 is 0 Å². The maximum absolute atomic E-state index is 5.52. The van der Waals surface area contributed by atoms with Crippen LogP contribution >= 0.6 is 0 Å². The molecule has 1 aromatic heterocycles. The van der Waals surface area contributed by atoms with Gasteiger partial charge in [0.25, 0.3) is 0 Å². The lowest BCUT2D eigenvalue weighted by Gasteiger charge is -2.15. The van der Waals surface area contributed by atoms with Gasteiger partial charge in [-0.25, -0.2) is 4.98 Å². The van der Waals surface area contributed by atoms with Gasteiger partial charge in [-0.15, -0.1) is 12.3 Å². The van der Waals surface area contributed by atoms with E-state index >= 15 is 0 Å². The first-order chi connectivity index (χ1) is 8.35. The molecule has 1 atom stereocenters. The zero-order valence-electron chi connectivity index (χ0n) is 9.63. The van der Waals surface area contributed by atoms with Crippen LogP contribution in [-0.4, -0.2) is 15.6 Å². The van der Waals surface area contributed by atoms with Gasteiger partial charge in [0.2, 0.25) is 0 Å². The van der Waals surface area contributed by atoms with Gasteiger partial charge in [0.05, 0.1) is 17.4 Å². The van der Waals surface area contributed by atoms with Gasteiger partial charge in [0.15, 0.2) is 0 Å². The van der Waals surface area contributed by atoms with Crippen molar-refractivity contribution in [3.63, 3.8) is 0 Å². The molecule has 3 N–H and O–H groups in total. The molecule has 0 saturated heterocycles. The Labute approximate surface area is 101 Å². The number of hydrazine groups is 1. The summed E-state index contributed by atoms with van der Waals surface area (Å²) in [6.07, 6.45) is 8.68. The number of benzene rings is 1.